The van der Waals surface area contributed by atoms with E-state index < -0.39 is 0 Å². The maximum Gasteiger partial charge on any atom is 0.319 e. The number of hydrogen-bond donors (Lipinski definition) is 2. The quantitative estimate of drug-likeness (QED) is 0.660. The van der Waals surface area contributed by atoms with Crippen LogP contribution in [0.15, 0.2) is 0 Å². The van der Waals surface area contributed by atoms with Gasteiger partial charge in [-0.25, -0.2) is 4.79 Å². The number of carbonyl (C=O) groups is 2. The van der Waals surface area contributed by atoms with Gasteiger partial charge in [-0.1, -0.05) is 0 Å². The average Bonchev–Trinajstić information content (AvgIpc) is 2.74. The van der Waals surface area contributed by atoms with Crippen molar-refractivity contribution in [1.29, 1.82) is 0 Å². The lowest BCUT2D eigenvalue weighted by molar-refractivity contribution is -0.142. The van der Waals surface area contributed by atoms with E-state index in [2.05, 4.69) is 20.4 Å². The van der Waals surface area contributed by atoms with Gasteiger partial charge in [0.2, 0.25) is 0 Å². The predicted octanol–water partition coefficient (Wildman–Crippen LogP) is 0.482. The molecule has 2 aliphatic heterocycles. The Labute approximate surface area is 168 Å². The van der Waals surface area contributed by atoms with Crippen LogP contribution in [-0.2, 0) is 9.53 Å². The molecule has 3 rings (SSSR count). The smallest absolute Gasteiger partial charge is 0.319 e. The highest BCUT2D eigenvalue weighted by Gasteiger charge is 2.30. The number of nitrogens with one attached hydrogen (secondary N) is 2. The van der Waals surface area contributed by atoms with Gasteiger partial charge >= 0.3 is 12.0 Å². The number of methoxy groups -OCH3 is 1. The summed E-state index contributed by atoms with van der Waals surface area (Å²) in [4.78, 5) is 30.7. The van der Waals surface area contributed by atoms with E-state index in [9.17, 15) is 9.59 Å². The van der Waals surface area contributed by atoms with Crippen molar-refractivity contribution >= 4 is 12.0 Å². The molecule has 0 radical (unpaired) electrons. The Morgan fingerprint density at radius 2 is 1.68 bits per heavy atom. The van der Waals surface area contributed by atoms with Gasteiger partial charge in [0.1, 0.15) is 0 Å². The zero-order valence-corrected chi connectivity index (χ0v) is 17.5. The highest BCUT2D eigenvalue weighted by atomic mass is 16.5. The topological polar surface area (TPSA) is 77.2 Å². The fourth-order valence-electron chi connectivity index (χ4n) is 4.79. The minimum atomic E-state index is -0.193. The van der Waals surface area contributed by atoms with Crippen molar-refractivity contribution in [1.82, 2.24) is 25.3 Å². The van der Waals surface area contributed by atoms with E-state index in [4.69, 9.17) is 4.74 Å². The van der Waals surface area contributed by atoms with Crippen LogP contribution in [0.1, 0.15) is 38.5 Å². The van der Waals surface area contributed by atoms with Crippen molar-refractivity contribution in [3.63, 3.8) is 0 Å². The fourth-order valence-corrected chi connectivity index (χ4v) is 4.79. The van der Waals surface area contributed by atoms with Gasteiger partial charge in [-0.05, 0) is 58.7 Å². The summed E-state index contributed by atoms with van der Waals surface area (Å²) in [6.07, 6.45) is 6.39. The molecular weight excluding hydrogens is 358 g/mol. The SMILES string of the molecule is COC(=O)CN(C)C1CCC(NC(=O)N2CCN(C3CCNCC3)CC2)CC1. The molecular formula is C20H37N5O3. The Hall–Kier alpha value is -1.38. The van der Waals surface area contributed by atoms with Gasteiger partial charge in [0.05, 0.1) is 13.7 Å². The summed E-state index contributed by atoms with van der Waals surface area (Å²) in [5.41, 5.74) is 0. The highest BCUT2D eigenvalue weighted by Crippen LogP contribution is 2.23. The molecule has 2 N–H and O–H groups in total. The number of carbonyl (C=O) groups excluding carboxylic acids is 2. The van der Waals surface area contributed by atoms with Gasteiger partial charge in [-0.2, -0.15) is 0 Å². The number of ether oxygens (including phenoxy) is 1. The first-order chi connectivity index (χ1) is 13.6. The van der Waals surface area contributed by atoms with Crippen molar-refractivity contribution in [2.75, 3.05) is 60.0 Å². The van der Waals surface area contributed by atoms with Crippen molar-refractivity contribution in [3.8, 4) is 0 Å². The van der Waals surface area contributed by atoms with Crippen LogP contribution in [0.25, 0.3) is 0 Å². The van der Waals surface area contributed by atoms with E-state index in [1.54, 1.807) is 0 Å². The molecule has 1 aliphatic carbocycles. The van der Waals surface area contributed by atoms with Gasteiger partial charge in [0.25, 0.3) is 0 Å². The Bertz CT molecular complexity index is 510. The number of rotatable bonds is 5. The third kappa shape index (κ3) is 5.81. The summed E-state index contributed by atoms with van der Waals surface area (Å²) >= 11 is 0. The summed E-state index contributed by atoms with van der Waals surface area (Å²) in [6, 6.07) is 1.42. The summed E-state index contributed by atoms with van der Waals surface area (Å²) in [5.74, 6) is -0.193. The molecule has 3 fully saturated rings. The second-order valence-corrected chi connectivity index (χ2v) is 8.45. The first kappa shape index (κ1) is 21.3. The molecule has 0 aromatic rings. The van der Waals surface area contributed by atoms with E-state index in [1.165, 1.54) is 20.0 Å². The highest BCUT2D eigenvalue weighted by molar-refractivity contribution is 5.74. The number of piperidine rings is 1. The lowest BCUT2D eigenvalue weighted by atomic mass is 9.90. The van der Waals surface area contributed by atoms with Crippen LogP contribution in [0.5, 0.6) is 0 Å². The van der Waals surface area contributed by atoms with Crippen LogP contribution in [0, 0.1) is 0 Å². The number of amides is 2. The Kier molecular flexibility index (Phi) is 7.93. The van der Waals surface area contributed by atoms with E-state index in [-0.39, 0.29) is 18.0 Å². The Balaban J connectivity index is 1.35. The Morgan fingerprint density at radius 3 is 2.29 bits per heavy atom. The third-order valence-corrected chi connectivity index (χ3v) is 6.68. The van der Waals surface area contributed by atoms with Gasteiger partial charge < -0.3 is 20.3 Å². The summed E-state index contributed by atoms with van der Waals surface area (Å²) in [5, 5.41) is 6.66. The Morgan fingerprint density at radius 1 is 1.04 bits per heavy atom. The minimum Gasteiger partial charge on any atom is -0.468 e. The normalized spacial score (nSPS) is 27.6. The second-order valence-electron chi connectivity index (χ2n) is 8.45. The standard InChI is InChI=1S/C20H37N5O3/c1-23(15-19(26)28-2)17-5-3-16(4-6-17)22-20(27)25-13-11-24(12-14-25)18-7-9-21-10-8-18/h16-18,21H,3-15H2,1-2H3,(H,22,27). The zero-order chi connectivity index (χ0) is 19.9. The number of urea groups is 1. The molecule has 0 aromatic heterocycles. The van der Waals surface area contributed by atoms with Crippen molar-refractivity contribution in [3.05, 3.63) is 0 Å². The van der Waals surface area contributed by atoms with E-state index in [0.29, 0.717) is 18.6 Å². The van der Waals surface area contributed by atoms with Crippen LogP contribution in [0.2, 0.25) is 0 Å². The molecule has 0 unspecified atom stereocenters. The molecule has 3 aliphatic rings. The molecule has 8 heteroatoms. The predicted molar refractivity (Wildman–Crippen MR) is 108 cm³/mol. The number of nitrogens with zero attached hydrogens (tertiary/aromatic N) is 3. The monoisotopic (exact) mass is 395 g/mol. The number of likely N-dealkylation sites (N-methyl/N-ethyl adjacent to an activating group) is 1. The molecule has 0 spiro atoms. The molecule has 160 valence electrons. The molecule has 28 heavy (non-hydrogen) atoms. The van der Waals surface area contributed by atoms with Crippen LogP contribution < -0.4 is 10.6 Å². The lowest BCUT2D eigenvalue weighted by Gasteiger charge is -2.41. The molecule has 0 atom stereocenters. The summed E-state index contributed by atoms with van der Waals surface area (Å²) in [6.45, 7) is 6.19. The second kappa shape index (κ2) is 10.4. The van der Waals surface area contributed by atoms with Crippen LogP contribution in [0.4, 0.5) is 4.79 Å². The summed E-state index contributed by atoms with van der Waals surface area (Å²) < 4.78 is 4.75. The molecule has 0 bridgehead atoms. The first-order valence-corrected chi connectivity index (χ1v) is 10.8. The lowest BCUT2D eigenvalue weighted by Crippen LogP contribution is -2.57. The number of hydrogen-bond acceptors (Lipinski definition) is 6. The molecule has 8 nitrogen and oxygen atoms in total. The molecule has 2 saturated heterocycles. The van der Waals surface area contributed by atoms with Gasteiger partial charge in [-0.15, -0.1) is 0 Å². The third-order valence-electron chi connectivity index (χ3n) is 6.68. The van der Waals surface area contributed by atoms with E-state index in [0.717, 1.165) is 65.0 Å². The molecule has 2 heterocycles. The van der Waals surface area contributed by atoms with Gasteiger partial charge in [0, 0.05) is 44.3 Å². The van der Waals surface area contributed by atoms with Crippen molar-refractivity contribution in [2.45, 2.75) is 56.7 Å². The van der Waals surface area contributed by atoms with E-state index >= 15 is 0 Å². The van der Waals surface area contributed by atoms with Crippen LogP contribution in [-0.4, -0.2) is 105 Å². The number of esters is 1. The largest absolute Gasteiger partial charge is 0.468 e. The fraction of sp³-hybridized carbons (Fsp3) is 0.900. The van der Waals surface area contributed by atoms with Crippen LogP contribution in [0.3, 0.4) is 0 Å². The zero-order valence-electron chi connectivity index (χ0n) is 17.5. The summed E-state index contributed by atoms with van der Waals surface area (Å²) in [7, 11) is 3.40. The van der Waals surface area contributed by atoms with Crippen molar-refractivity contribution in [2.24, 2.45) is 0 Å². The van der Waals surface area contributed by atoms with Gasteiger partial charge in [-0.3, -0.25) is 14.6 Å². The maximum atomic E-state index is 12.7. The number of piperazine rings is 1. The molecule has 2 amide bonds. The first-order valence-electron chi connectivity index (χ1n) is 10.8. The minimum absolute atomic E-state index is 0.0938. The molecule has 0 aromatic carbocycles. The van der Waals surface area contributed by atoms with E-state index in [1.807, 2.05) is 11.9 Å². The van der Waals surface area contributed by atoms with Crippen LogP contribution >= 0.6 is 0 Å². The average molecular weight is 396 g/mol. The van der Waals surface area contributed by atoms with Crippen molar-refractivity contribution < 1.29 is 14.3 Å². The van der Waals surface area contributed by atoms with Gasteiger partial charge in [0.15, 0.2) is 0 Å². The molecule has 1 saturated carbocycles. The maximum absolute atomic E-state index is 12.7.